The van der Waals surface area contributed by atoms with E-state index >= 15 is 0 Å². The van der Waals surface area contributed by atoms with Crippen LogP contribution in [0, 0.1) is 0 Å². The smallest absolute Gasteiger partial charge is 0.258 e. The Bertz CT molecular complexity index is 906. The molecule has 0 aliphatic carbocycles. The molecule has 0 fully saturated rings. The van der Waals surface area contributed by atoms with E-state index in [1.54, 1.807) is 40.9 Å². The molecule has 0 saturated carbocycles. The molecule has 6 nitrogen and oxygen atoms in total. The van der Waals surface area contributed by atoms with Crippen LogP contribution in [0.1, 0.15) is 31.3 Å². The molecule has 0 unspecified atom stereocenters. The van der Waals surface area contributed by atoms with Crippen molar-refractivity contribution in [2.24, 2.45) is 0 Å². The summed E-state index contributed by atoms with van der Waals surface area (Å²) < 4.78 is 0. The maximum atomic E-state index is 12.6. The first-order chi connectivity index (χ1) is 12.2. The van der Waals surface area contributed by atoms with Crippen LogP contribution in [-0.2, 0) is 13.0 Å². The number of hydrogen-bond donors (Lipinski definition) is 1. The first-order valence-electron chi connectivity index (χ1n) is 7.72. The highest BCUT2D eigenvalue weighted by Gasteiger charge is 2.25. The third kappa shape index (κ3) is 3.31. The van der Waals surface area contributed by atoms with Gasteiger partial charge in [-0.15, -0.1) is 0 Å². The maximum absolute atomic E-state index is 12.6. The lowest BCUT2D eigenvalue weighted by Gasteiger charge is -2.25. The SMILES string of the molecule is O=C(Nc1nc2c(s1)CN(C(=O)c1cccnc1)CC2)c1ccsc1. The molecular weight excluding hydrogens is 356 g/mol. The van der Waals surface area contributed by atoms with Crippen LogP contribution in [-0.4, -0.2) is 33.2 Å². The van der Waals surface area contributed by atoms with Crippen molar-refractivity contribution in [3.8, 4) is 0 Å². The molecule has 2 amide bonds. The van der Waals surface area contributed by atoms with Gasteiger partial charge in [-0.1, -0.05) is 11.3 Å². The van der Waals surface area contributed by atoms with Gasteiger partial charge in [0.15, 0.2) is 5.13 Å². The highest BCUT2D eigenvalue weighted by Crippen LogP contribution is 2.29. The number of anilines is 1. The molecule has 0 saturated heterocycles. The Hall–Kier alpha value is -2.58. The number of thiophene rings is 1. The number of aromatic nitrogens is 2. The molecule has 1 aliphatic heterocycles. The van der Waals surface area contributed by atoms with E-state index in [1.165, 1.54) is 22.7 Å². The summed E-state index contributed by atoms with van der Waals surface area (Å²) in [6.07, 6.45) is 3.92. The highest BCUT2D eigenvalue weighted by atomic mass is 32.1. The summed E-state index contributed by atoms with van der Waals surface area (Å²) in [6, 6.07) is 5.30. The summed E-state index contributed by atoms with van der Waals surface area (Å²) in [6.45, 7) is 1.12. The average molecular weight is 370 g/mol. The summed E-state index contributed by atoms with van der Waals surface area (Å²) in [7, 11) is 0. The predicted molar refractivity (Wildman–Crippen MR) is 97.1 cm³/mol. The van der Waals surface area contributed by atoms with Crippen LogP contribution in [0.25, 0.3) is 0 Å². The van der Waals surface area contributed by atoms with Crippen molar-refractivity contribution in [3.63, 3.8) is 0 Å². The van der Waals surface area contributed by atoms with Crippen molar-refractivity contribution in [2.45, 2.75) is 13.0 Å². The van der Waals surface area contributed by atoms with Gasteiger partial charge in [0.2, 0.25) is 0 Å². The molecule has 0 bridgehead atoms. The van der Waals surface area contributed by atoms with Crippen LogP contribution in [0.3, 0.4) is 0 Å². The fourth-order valence-corrected chi connectivity index (χ4v) is 4.31. The minimum absolute atomic E-state index is 0.0315. The molecule has 0 aromatic carbocycles. The number of nitrogens with one attached hydrogen (secondary N) is 1. The summed E-state index contributed by atoms with van der Waals surface area (Å²) in [5, 5.41) is 7.09. The summed E-state index contributed by atoms with van der Waals surface area (Å²) in [4.78, 5) is 36.0. The number of rotatable bonds is 3. The Labute approximate surface area is 152 Å². The summed E-state index contributed by atoms with van der Waals surface area (Å²) in [5.41, 5.74) is 2.17. The van der Waals surface area contributed by atoms with Gasteiger partial charge in [-0.2, -0.15) is 11.3 Å². The second-order valence-electron chi connectivity index (χ2n) is 5.57. The lowest BCUT2D eigenvalue weighted by Crippen LogP contribution is -2.35. The van der Waals surface area contributed by atoms with Crippen LogP contribution in [0.4, 0.5) is 5.13 Å². The van der Waals surface area contributed by atoms with Gasteiger partial charge < -0.3 is 4.90 Å². The summed E-state index contributed by atoms with van der Waals surface area (Å²) in [5.74, 6) is -0.188. The number of nitrogens with zero attached hydrogens (tertiary/aromatic N) is 3. The Balaban J connectivity index is 1.48. The first-order valence-corrected chi connectivity index (χ1v) is 9.48. The fourth-order valence-electron chi connectivity index (χ4n) is 2.66. The van der Waals surface area contributed by atoms with E-state index in [1.807, 2.05) is 5.38 Å². The van der Waals surface area contributed by atoms with E-state index < -0.39 is 0 Å². The number of carbonyl (C=O) groups is 2. The van der Waals surface area contributed by atoms with Crippen LogP contribution in [0.5, 0.6) is 0 Å². The van der Waals surface area contributed by atoms with Crippen molar-refractivity contribution < 1.29 is 9.59 Å². The Kier molecular flexibility index (Phi) is 4.29. The molecule has 3 aromatic heterocycles. The van der Waals surface area contributed by atoms with Crippen LogP contribution >= 0.6 is 22.7 Å². The normalized spacial score (nSPS) is 13.4. The number of carbonyl (C=O) groups excluding carboxylic acids is 2. The minimum Gasteiger partial charge on any atom is -0.333 e. The molecule has 1 N–H and O–H groups in total. The molecule has 126 valence electrons. The van der Waals surface area contributed by atoms with Gasteiger partial charge in [0.1, 0.15) is 0 Å². The van der Waals surface area contributed by atoms with Gasteiger partial charge in [-0.05, 0) is 23.6 Å². The molecule has 0 spiro atoms. The predicted octanol–water partition coefficient (Wildman–Crippen LogP) is 3.05. The minimum atomic E-state index is -0.157. The van der Waals surface area contributed by atoms with Crippen molar-refractivity contribution in [2.75, 3.05) is 11.9 Å². The zero-order valence-corrected chi connectivity index (χ0v) is 14.8. The number of thiazole rings is 1. The van der Waals surface area contributed by atoms with Crippen LogP contribution < -0.4 is 5.32 Å². The van der Waals surface area contributed by atoms with E-state index in [0.717, 1.165) is 10.6 Å². The van der Waals surface area contributed by atoms with Gasteiger partial charge >= 0.3 is 0 Å². The second kappa shape index (κ2) is 6.73. The van der Waals surface area contributed by atoms with E-state index in [-0.39, 0.29) is 11.8 Å². The maximum Gasteiger partial charge on any atom is 0.258 e. The Morgan fingerprint density at radius 2 is 2.16 bits per heavy atom. The first kappa shape index (κ1) is 15.9. The van der Waals surface area contributed by atoms with Crippen LogP contribution in [0.15, 0.2) is 41.4 Å². The van der Waals surface area contributed by atoms with Crippen molar-refractivity contribution in [1.82, 2.24) is 14.9 Å². The molecule has 1 aliphatic rings. The average Bonchev–Trinajstić information content (AvgIpc) is 3.30. The lowest BCUT2D eigenvalue weighted by atomic mass is 10.1. The van der Waals surface area contributed by atoms with Gasteiger partial charge in [-0.3, -0.25) is 19.9 Å². The standard InChI is InChI=1S/C17H14N4O2S2/c22-15(12-4-7-24-10-12)20-17-19-13-3-6-21(9-14(13)25-17)16(23)11-2-1-5-18-8-11/h1-2,4-5,7-8,10H,3,6,9H2,(H,19,20,22). The fraction of sp³-hybridized carbons (Fsp3) is 0.176. The third-order valence-electron chi connectivity index (χ3n) is 3.93. The molecule has 8 heteroatoms. The van der Waals surface area contributed by atoms with Crippen molar-refractivity contribution in [1.29, 1.82) is 0 Å². The quantitative estimate of drug-likeness (QED) is 0.769. The third-order valence-corrected chi connectivity index (χ3v) is 5.61. The topological polar surface area (TPSA) is 75.2 Å². The lowest BCUT2D eigenvalue weighted by molar-refractivity contribution is 0.0735. The molecule has 3 aromatic rings. The van der Waals surface area contributed by atoms with Gasteiger partial charge in [-0.25, -0.2) is 4.98 Å². The van der Waals surface area contributed by atoms with Gasteiger partial charge in [0.05, 0.1) is 23.4 Å². The van der Waals surface area contributed by atoms with Gasteiger partial charge in [0.25, 0.3) is 11.8 Å². The number of pyridine rings is 1. The van der Waals surface area contributed by atoms with Crippen molar-refractivity contribution >= 4 is 39.6 Å². The molecule has 4 heterocycles. The van der Waals surface area contributed by atoms with Crippen molar-refractivity contribution in [3.05, 3.63) is 63.1 Å². The number of amides is 2. The van der Waals surface area contributed by atoms with Gasteiger partial charge in [0, 0.05) is 35.6 Å². The zero-order valence-electron chi connectivity index (χ0n) is 13.1. The molecular formula is C17H14N4O2S2. The monoisotopic (exact) mass is 370 g/mol. The molecule has 0 radical (unpaired) electrons. The van der Waals surface area contributed by atoms with E-state index in [2.05, 4.69) is 15.3 Å². The zero-order chi connectivity index (χ0) is 17.2. The number of hydrogen-bond acceptors (Lipinski definition) is 6. The highest BCUT2D eigenvalue weighted by molar-refractivity contribution is 7.16. The molecule has 0 atom stereocenters. The summed E-state index contributed by atoms with van der Waals surface area (Å²) >= 11 is 2.91. The van der Waals surface area contributed by atoms with E-state index in [9.17, 15) is 9.59 Å². The second-order valence-corrected chi connectivity index (χ2v) is 7.44. The Morgan fingerprint density at radius 3 is 2.92 bits per heavy atom. The van der Waals surface area contributed by atoms with Crippen LogP contribution in [0.2, 0.25) is 0 Å². The molecule has 25 heavy (non-hydrogen) atoms. The van der Waals surface area contributed by atoms with E-state index in [0.29, 0.717) is 35.8 Å². The largest absolute Gasteiger partial charge is 0.333 e. The van der Waals surface area contributed by atoms with E-state index in [4.69, 9.17) is 0 Å². The Morgan fingerprint density at radius 1 is 1.24 bits per heavy atom. The number of fused-ring (bicyclic) bond motifs is 1. The molecule has 4 rings (SSSR count).